The van der Waals surface area contributed by atoms with Gasteiger partial charge >= 0.3 is 0 Å². The molecule has 0 radical (unpaired) electrons. The maximum atomic E-state index is 11.4. The maximum absolute atomic E-state index is 11.4. The first-order valence-corrected chi connectivity index (χ1v) is 7.88. The van der Waals surface area contributed by atoms with Gasteiger partial charge in [-0.1, -0.05) is 18.2 Å². The van der Waals surface area contributed by atoms with E-state index in [0.29, 0.717) is 5.56 Å². The second-order valence-electron chi connectivity index (χ2n) is 5.25. The summed E-state index contributed by atoms with van der Waals surface area (Å²) in [5.41, 5.74) is 2.97. The summed E-state index contributed by atoms with van der Waals surface area (Å²) in [7, 11) is 0. The lowest BCUT2D eigenvalue weighted by Gasteiger charge is -2.29. The third-order valence-electron chi connectivity index (χ3n) is 3.97. The molecule has 21 heavy (non-hydrogen) atoms. The zero-order chi connectivity index (χ0) is 14.2. The first kappa shape index (κ1) is 12.5. The fraction of sp³-hybridized carbons (Fsp3) is 0.176. The van der Waals surface area contributed by atoms with Crippen molar-refractivity contribution in [1.29, 1.82) is 0 Å². The average Bonchev–Trinajstić information content (AvgIpc) is 3.01. The Bertz CT molecular complexity index is 825. The van der Waals surface area contributed by atoms with E-state index in [-0.39, 0.29) is 0 Å². The third kappa shape index (κ3) is 2.12. The largest absolute Gasteiger partial charge is 0.351 e. The number of benzene rings is 1. The van der Waals surface area contributed by atoms with Crippen LogP contribution in [0.1, 0.15) is 20.8 Å². The topological polar surface area (TPSA) is 33.2 Å². The van der Waals surface area contributed by atoms with E-state index in [1.807, 2.05) is 41.7 Å². The molecule has 2 aromatic heterocycles. The molecule has 0 saturated heterocycles. The van der Waals surface area contributed by atoms with Gasteiger partial charge in [-0.3, -0.25) is 4.79 Å². The van der Waals surface area contributed by atoms with E-state index >= 15 is 0 Å². The minimum Gasteiger partial charge on any atom is -0.351 e. The highest BCUT2D eigenvalue weighted by atomic mass is 32.1. The fourth-order valence-electron chi connectivity index (χ4n) is 2.89. The molecule has 0 atom stereocenters. The number of thiophene rings is 1. The smallest absolute Gasteiger partial charge is 0.153 e. The summed E-state index contributed by atoms with van der Waals surface area (Å²) in [5, 5.41) is 3.15. The summed E-state index contributed by atoms with van der Waals surface area (Å²) in [5.74, 6) is 0.806. The van der Waals surface area contributed by atoms with Crippen molar-refractivity contribution < 1.29 is 4.79 Å². The molecule has 3 nitrogen and oxygen atoms in total. The number of carbonyl (C=O) groups is 1. The van der Waals surface area contributed by atoms with Crippen molar-refractivity contribution in [3.8, 4) is 0 Å². The lowest BCUT2D eigenvalue weighted by atomic mass is 10.1. The van der Waals surface area contributed by atoms with Crippen LogP contribution in [0.4, 0.5) is 5.82 Å². The summed E-state index contributed by atoms with van der Waals surface area (Å²) in [6.45, 7) is 1.75. The number of nitrogens with zero attached hydrogens (tertiary/aromatic N) is 2. The maximum Gasteiger partial charge on any atom is 0.153 e. The van der Waals surface area contributed by atoms with Crippen LogP contribution in [0.15, 0.2) is 41.8 Å². The molecule has 3 aromatic rings. The van der Waals surface area contributed by atoms with E-state index in [0.717, 1.165) is 42.5 Å². The number of aromatic nitrogens is 1. The summed E-state index contributed by atoms with van der Waals surface area (Å²) in [6.07, 6.45) is 1.94. The van der Waals surface area contributed by atoms with Crippen molar-refractivity contribution in [3.05, 3.63) is 57.8 Å². The van der Waals surface area contributed by atoms with Crippen molar-refractivity contribution in [1.82, 2.24) is 4.98 Å². The number of para-hydroxylation sites is 1. The second kappa shape index (κ2) is 4.97. The van der Waals surface area contributed by atoms with Crippen LogP contribution in [-0.4, -0.2) is 17.8 Å². The Balaban J connectivity index is 1.81. The van der Waals surface area contributed by atoms with Crippen LogP contribution in [0.3, 0.4) is 0 Å². The van der Waals surface area contributed by atoms with Gasteiger partial charge in [-0.25, -0.2) is 4.98 Å². The number of carbonyl (C=O) groups excluding carboxylic acids is 1. The molecule has 0 unspecified atom stereocenters. The highest BCUT2D eigenvalue weighted by molar-refractivity contribution is 7.10. The molecular weight excluding hydrogens is 280 g/mol. The lowest BCUT2D eigenvalue weighted by Crippen LogP contribution is -2.31. The molecule has 4 heteroatoms. The van der Waals surface area contributed by atoms with Gasteiger partial charge in [0.2, 0.25) is 0 Å². The molecule has 3 heterocycles. The van der Waals surface area contributed by atoms with Gasteiger partial charge in [0.25, 0.3) is 0 Å². The predicted octanol–water partition coefficient (Wildman–Crippen LogP) is 3.67. The van der Waals surface area contributed by atoms with E-state index in [4.69, 9.17) is 4.98 Å². The Hall–Kier alpha value is -2.20. The molecule has 0 bridgehead atoms. The molecular formula is C17H14N2OS. The van der Waals surface area contributed by atoms with Gasteiger partial charge in [0.05, 0.1) is 11.1 Å². The number of hydrogen-bond donors (Lipinski definition) is 0. The number of rotatable bonds is 2. The molecule has 0 aliphatic carbocycles. The first-order valence-electron chi connectivity index (χ1n) is 7.00. The average molecular weight is 294 g/mol. The molecule has 1 aliphatic rings. The second-order valence-corrected chi connectivity index (χ2v) is 6.25. The molecule has 104 valence electrons. The first-order chi connectivity index (χ1) is 10.3. The molecule has 4 rings (SSSR count). The van der Waals surface area contributed by atoms with Crippen LogP contribution in [0.2, 0.25) is 0 Å². The number of hydrogen-bond acceptors (Lipinski definition) is 4. The minimum absolute atomic E-state index is 0.673. The van der Waals surface area contributed by atoms with Crippen LogP contribution < -0.4 is 4.90 Å². The minimum atomic E-state index is 0.673. The number of aldehydes is 1. The summed E-state index contributed by atoms with van der Waals surface area (Å²) < 4.78 is 0. The normalized spacial score (nSPS) is 14.2. The van der Waals surface area contributed by atoms with Crippen molar-refractivity contribution >= 4 is 34.3 Å². The Kier molecular flexibility index (Phi) is 2.97. The fourth-order valence-corrected chi connectivity index (χ4v) is 3.78. The monoisotopic (exact) mass is 294 g/mol. The lowest BCUT2D eigenvalue weighted by molar-refractivity contribution is 0.112. The quantitative estimate of drug-likeness (QED) is 0.676. The highest BCUT2D eigenvalue weighted by Gasteiger charge is 2.21. The molecule has 1 aliphatic heterocycles. The van der Waals surface area contributed by atoms with Gasteiger partial charge in [0, 0.05) is 23.4 Å². The van der Waals surface area contributed by atoms with Gasteiger partial charge in [-0.2, -0.15) is 0 Å². The van der Waals surface area contributed by atoms with Crippen molar-refractivity contribution in [3.63, 3.8) is 0 Å². The van der Waals surface area contributed by atoms with E-state index in [1.165, 1.54) is 10.4 Å². The van der Waals surface area contributed by atoms with Crippen molar-refractivity contribution in [2.24, 2.45) is 0 Å². The Morgan fingerprint density at radius 1 is 1.24 bits per heavy atom. The predicted molar refractivity (Wildman–Crippen MR) is 86.2 cm³/mol. The Labute approximate surface area is 126 Å². The summed E-state index contributed by atoms with van der Waals surface area (Å²) in [4.78, 5) is 19.8. The number of anilines is 1. The zero-order valence-corrected chi connectivity index (χ0v) is 12.3. The standard InChI is InChI=1S/C17H14N2OS/c20-11-14-9-12-3-1-2-4-15(12)18-17(14)19-7-5-16-13(10-19)6-8-21-16/h1-4,6,8-9,11H,5,7,10H2. The van der Waals surface area contributed by atoms with Crippen LogP contribution in [0.5, 0.6) is 0 Å². The van der Waals surface area contributed by atoms with Crippen molar-refractivity contribution in [2.75, 3.05) is 11.4 Å². The van der Waals surface area contributed by atoms with Crippen molar-refractivity contribution in [2.45, 2.75) is 13.0 Å². The van der Waals surface area contributed by atoms with Gasteiger partial charge < -0.3 is 4.90 Å². The molecule has 0 spiro atoms. The summed E-state index contributed by atoms with van der Waals surface area (Å²) >= 11 is 1.82. The van der Waals surface area contributed by atoms with Gasteiger partial charge in [0.15, 0.2) is 6.29 Å². The number of pyridine rings is 1. The molecule has 1 aromatic carbocycles. The summed E-state index contributed by atoms with van der Waals surface area (Å²) in [6, 6.07) is 12.0. The Morgan fingerprint density at radius 2 is 2.14 bits per heavy atom. The zero-order valence-electron chi connectivity index (χ0n) is 11.5. The Morgan fingerprint density at radius 3 is 3.05 bits per heavy atom. The SMILES string of the molecule is O=Cc1cc2ccccc2nc1N1CCc2sccc2C1. The van der Waals surface area contributed by atoms with E-state index in [2.05, 4.69) is 16.3 Å². The molecule has 0 N–H and O–H groups in total. The van der Waals surface area contributed by atoms with E-state index in [1.54, 1.807) is 0 Å². The van der Waals surface area contributed by atoms with Gasteiger partial charge in [-0.15, -0.1) is 11.3 Å². The van der Waals surface area contributed by atoms with Crippen LogP contribution >= 0.6 is 11.3 Å². The van der Waals surface area contributed by atoms with Crippen LogP contribution in [0.25, 0.3) is 10.9 Å². The van der Waals surface area contributed by atoms with E-state index < -0.39 is 0 Å². The molecule has 0 fully saturated rings. The third-order valence-corrected chi connectivity index (χ3v) is 4.99. The molecule has 0 amide bonds. The van der Waals surface area contributed by atoms with Crippen LogP contribution in [-0.2, 0) is 13.0 Å². The van der Waals surface area contributed by atoms with Gasteiger partial charge in [0.1, 0.15) is 5.82 Å². The molecule has 0 saturated carbocycles. The highest BCUT2D eigenvalue weighted by Crippen LogP contribution is 2.29. The van der Waals surface area contributed by atoms with E-state index in [9.17, 15) is 4.79 Å². The number of fused-ring (bicyclic) bond motifs is 2. The van der Waals surface area contributed by atoms with Gasteiger partial charge in [-0.05, 0) is 35.6 Å². The van der Waals surface area contributed by atoms with Crippen LogP contribution in [0, 0.1) is 0 Å².